The summed E-state index contributed by atoms with van der Waals surface area (Å²) in [6.07, 6.45) is 1.59. The number of rotatable bonds is 4. The van der Waals surface area contributed by atoms with Gasteiger partial charge in [-0.25, -0.2) is 9.37 Å². The van der Waals surface area contributed by atoms with Crippen LogP contribution in [0.1, 0.15) is 0 Å². The highest BCUT2D eigenvalue weighted by Gasteiger charge is 2.14. The second-order valence-corrected chi connectivity index (χ2v) is 4.90. The lowest BCUT2D eigenvalue weighted by Crippen LogP contribution is -2.31. The van der Waals surface area contributed by atoms with Crippen LogP contribution < -0.4 is 10.6 Å². The number of carbonyl (C=O) groups excluding carboxylic acids is 1. The van der Waals surface area contributed by atoms with Crippen LogP contribution in [0, 0.1) is 5.82 Å². The molecule has 1 amide bonds. The third-order valence-corrected chi connectivity index (χ3v) is 3.27. The van der Waals surface area contributed by atoms with Gasteiger partial charge in [0.15, 0.2) is 5.65 Å². The van der Waals surface area contributed by atoms with Crippen LogP contribution >= 0.6 is 0 Å². The number of fused-ring (bicyclic) bond motifs is 1. The number of aromatic nitrogens is 3. The van der Waals surface area contributed by atoms with Crippen LogP contribution in [0.25, 0.3) is 16.9 Å². The SMILES string of the molecule is CN(CC(N)=O)c1cc(-c2ccccc2F)nc2ccnn12. The predicted molar refractivity (Wildman–Crippen MR) is 80.8 cm³/mol. The number of nitrogens with zero attached hydrogens (tertiary/aromatic N) is 4. The predicted octanol–water partition coefficient (Wildman–Crippen LogP) is 1.46. The summed E-state index contributed by atoms with van der Waals surface area (Å²) in [5.41, 5.74) is 6.66. The van der Waals surface area contributed by atoms with Crippen molar-refractivity contribution in [3.63, 3.8) is 0 Å². The zero-order valence-corrected chi connectivity index (χ0v) is 11.9. The molecule has 0 aliphatic carbocycles. The molecule has 6 nitrogen and oxygen atoms in total. The van der Waals surface area contributed by atoms with Gasteiger partial charge in [-0.15, -0.1) is 0 Å². The number of benzene rings is 1. The highest BCUT2D eigenvalue weighted by molar-refractivity contribution is 5.79. The molecular weight excluding hydrogens is 285 g/mol. The molecule has 3 rings (SSSR count). The van der Waals surface area contributed by atoms with E-state index in [1.807, 2.05) is 0 Å². The molecule has 3 aromatic rings. The summed E-state index contributed by atoms with van der Waals surface area (Å²) >= 11 is 0. The van der Waals surface area contributed by atoms with Crippen molar-refractivity contribution in [3.05, 3.63) is 48.4 Å². The molecule has 112 valence electrons. The molecule has 0 radical (unpaired) electrons. The summed E-state index contributed by atoms with van der Waals surface area (Å²) in [6.45, 7) is 0.0235. The number of hydrogen-bond donors (Lipinski definition) is 1. The maximum Gasteiger partial charge on any atom is 0.236 e. The number of anilines is 1. The van der Waals surface area contributed by atoms with Gasteiger partial charge in [0, 0.05) is 24.7 Å². The smallest absolute Gasteiger partial charge is 0.236 e. The molecule has 0 fully saturated rings. The Hall–Kier alpha value is -2.96. The second kappa shape index (κ2) is 5.44. The molecule has 0 unspecified atom stereocenters. The Labute approximate surface area is 126 Å². The number of primary amides is 1. The Morgan fingerprint density at radius 3 is 2.86 bits per heavy atom. The quantitative estimate of drug-likeness (QED) is 0.791. The van der Waals surface area contributed by atoms with Crippen molar-refractivity contribution < 1.29 is 9.18 Å². The average Bonchev–Trinajstić information content (AvgIpc) is 2.94. The molecule has 22 heavy (non-hydrogen) atoms. The van der Waals surface area contributed by atoms with Gasteiger partial charge in [0.1, 0.15) is 11.6 Å². The van der Waals surface area contributed by atoms with Crippen LogP contribution in [0.15, 0.2) is 42.6 Å². The van der Waals surface area contributed by atoms with Gasteiger partial charge in [0.25, 0.3) is 0 Å². The van der Waals surface area contributed by atoms with Gasteiger partial charge in [-0.05, 0) is 12.1 Å². The fraction of sp³-hybridized carbons (Fsp3) is 0.133. The summed E-state index contributed by atoms with van der Waals surface area (Å²) in [4.78, 5) is 17.2. The minimum absolute atomic E-state index is 0.0235. The van der Waals surface area contributed by atoms with Crippen molar-refractivity contribution >= 4 is 17.4 Å². The van der Waals surface area contributed by atoms with Crippen LogP contribution in [-0.2, 0) is 4.79 Å². The highest BCUT2D eigenvalue weighted by atomic mass is 19.1. The van der Waals surface area contributed by atoms with Crippen molar-refractivity contribution in [1.29, 1.82) is 0 Å². The summed E-state index contributed by atoms with van der Waals surface area (Å²) in [6, 6.07) is 9.80. The Balaban J connectivity index is 2.17. The maximum absolute atomic E-state index is 14.0. The molecule has 0 saturated carbocycles. The van der Waals surface area contributed by atoms with Crippen LogP contribution in [0.4, 0.5) is 10.2 Å². The van der Waals surface area contributed by atoms with Gasteiger partial charge in [0.2, 0.25) is 5.91 Å². The zero-order chi connectivity index (χ0) is 15.7. The molecule has 0 bridgehead atoms. The summed E-state index contributed by atoms with van der Waals surface area (Å²) < 4.78 is 15.6. The third-order valence-electron chi connectivity index (χ3n) is 3.27. The van der Waals surface area contributed by atoms with Gasteiger partial charge < -0.3 is 10.6 Å². The van der Waals surface area contributed by atoms with E-state index in [0.29, 0.717) is 22.7 Å². The molecule has 7 heteroatoms. The van der Waals surface area contributed by atoms with Crippen molar-refractivity contribution in [2.24, 2.45) is 5.73 Å². The third kappa shape index (κ3) is 2.48. The van der Waals surface area contributed by atoms with E-state index in [9.17, 15) is 9.18 Å². The van der Waals surface area contributed by atoms with Gasteiger partial charge >= 0.3 is 0 Å². The van der Waals surface area contributed by atoms with Crippen molar-refractivity contribution in [3.8, 4) is 11.3 Å². The number of amides is 1. The normalized spacial score (nSPS) is 10.8. The molecule has 1 aromatic carbocycles. The number of halogens is 1. The van der Waals surface area contributed by atoms with E-state index in [1.165, 1.54) is 6.07 Å². The van der Waals surface area contributed by atoms with Crippen LogP contribution in [0.3, 0.4) is 0 Å². The van der Waals surface area contributed by atoms with Crippen LogP contribution in [-0.4, -0.2) is 34.1 Å². The first-order valence-corrected chi connectivity index (χ1v) is 6.65. The van der Waals surface area contributed by atoms with E-state index < -0.39 is 5.91 Å². The summed E-state index contributed by atoms with van der Waals surface area (Å²) in [5.74, 6) is -0.221. The van der Waals surface area contributed by atoms with Crippen molar-refractivity contribution in [1.82, 2.24) is 14.6 Å². The van der Waals surface area contributed by atoms with E-state index in [4.69, 9.17) is 5.73 Å². The zero-order valence-electron chi connectivity index (χ0n) is 11.9. The van der Waals surface area contributed by atoms with Gasteiger partial charge in [-0.3, -0.25) is 4.79 Å². The van der Waals surface area contributed by atoms with Crippen molar-refractivity contribution in [2.75, 3.05) is 18.5 Å². The number of carbonyl (C=O) groups is 1. The summed E-state index contributed by atoms with van der Waals surface area (Å²) in [7, 11) is 1.71. The minimum atomic E-state index is -0.466. The van der Waals surface area contributed by atoms with E-state index in [0.717, 1.165) is 0 Å². The first kappa shape index (κ1) is 14.0. The molecule has 0 saturated heterocycles. The van der Waals surface area contributed by atoms with Crippen LogP contribution in [0.2, 0.25) is 0 Å². The monoisotopic (exact) mass is 299 g/mol. The molecular formula is C15H14FN5O. The van der Waals surface area contributed by atoms with Crippen molar-refractivity contribution in [2.45, 2.75) is 0 Å². The lowest BCUT2D eigenvalue weighted by Gasteiger charge is -2.19. The topological polar surface area (TPSA) is 76.5 Å². The molecule has 2 aromatic heterocycles. The van der Waals surface area contributed by atoms with E-state index in [-0.39, 0.29) is 12.4 Å². The van der Waals surface area contributed by atoms with E-state index in [1.54, 1.807) is 53.0 Å². The van der Waals surface area contributed by atoms with E-state index in [2.05, 4.69) is 10.1 Å². The van der Waals surface area contributed by atoms with Crippen LogP contribution in [0.5, 0.6) is 0 Å². The molecule has 2 heterocycles. The van der Waals surface area contributed by atoms with Gasteiger partial charge in [-0.2, -0.15) is 9.61 Å². The molecule has 2 N–H and O–H groups in total. The molecule has 0 spiro atoms. The Kier molecular flexibility index (Phi) is 3.46. The second-order valence-electron chi connectivity index (χ2n) is 4.90. The molecule has 0 atom stereocenters. The standard InChI is InChI=1S/C15H14FN5O/c1-20(9-13(17)22)15-8-12(10-4-2-3-5-11(10)16)19-14-6-7-18-21(14)15/h2-8H,9H2,1H3,(H2,17,22). The van der Waals surface area contributed by atoms with E-state index >= 15 is 0 Å². The largest absolute Gasteiger partial charge is 0.368 e. The summed E-state index contributed by atoms with van der Waals surface area (Å²) in [5, 5.41) is 4.17. The number of hydrogen-bond acceptors (Lipinski definition) is 4. The number of likely N-dealkylation sites (N-methyl/N-ethyl adjacent to an activating group) is 1. The highest BCUT2D eigenvalue weighted by Crippen LogP contribution is 2.25. The maximum atomic E-state index is 14.0. The first-order valence-electron chi connectivity index (χ1n) is 6.65. The van der Waals surface area contributed by atoms with Gasteiger partial charge in [0.05, 0.1) is 18.4 Å². The Morgan fingerprint density at radius 2 is 2.14 bits per heavy atom. The van der Waals surface area contributed by atoms with Gasteiger partial charge in [-0.1, -0.05) is 12.1 Å². The average molecular weight is 299 g/mol. The minimum Gasteiger partial charge on any atom is -0.368 e. The Bertz CT molecular complexity index is 845. The number of nitrogens with two attached hydrogens (primary N) is 1. The lowest BCUT2D eigenvalue weighted by molar-refractivity contribution is -0.116. The first-order chi connectivity index (χ1) is 10.6. The Morgan fingerprint density at radius 1 is 1.36 bits per heavy atom. The fourth-order valence-corrected chi connectivity index (χ4v) is 2.29. The molecule has 0 aliphatic heterocycles. The molecule has 0 aliphatic rings. The lowest BCUT2D eigenvalue weighted by atomic mass is 10.1. The fourth-order valence-electron chi connectivity index (χ4n) is 2.29.